The highest BCUT2D eigenvalue weighted by Gasteiger charge is 2.15. The number of pyridine rings is 1. The number of anilines is 1. The van der Waals surface area contributed by atoms with Crippen molar-refractivity contribution in [3.8, 4) is 0 Å². The maximum atomic E-state index is 13.9. The average Bonchev–Trinajstić information content (AvgIpc) is 2.37. The van der Waals surface area contributed by atoms with E-state index in [4.69, 9.17) is 23.2 Å². The third-order valence-electron chi connectivity index (χ3n) is 2.82. The first-order chi connectivity index (χ1) is 9.10. The van der Waals surface area contributed by atoms with Crippen molar-refractivity contribution in [1.29, 1.82) is 0 Å². The van der Waals surface area contributed by atoms with Crippen LogP contribution < -0.4 is 17.0 Å². The Morgan fingerprint density at radius 2 is 2.11 bits per heavy atom. The normalized spacial score (nSPS) is 12.4. The zero-order valence-corrected chi connectivity index (χ0v) is 10.9. The number of nitrogens with two attached hydrogens (primary N) is 2. The average molecular weight is 281 g/mol. The fourth-order valence-corrected chi connectivity index (χ4v) is 2.06. The van der Waals surface area contributed by atoms with Gasteiger partial charge in [0, 0.05) is 16.8 Å². The van der Waals surface area contributed by atoms with Gasteiger partial charge in [0.05, 0.1) is 6.04 Å². The standard InChI is InChI=1S/C13H14ClFN4/c14-9-1-2-10(11(15)7-9)12(19-17)5-8-3-4-18-13(16)6-8/h1-4,6-7,12,19H,5,17H2,(H2,16,18). The third kappa shape index (κ3) is 3.41. The van der Waals surface area contributed by atoms with Crippen LogP contribution >= 0.6 is 11.6 Å². The summed E-state index contributed by atoms with van der Waals surface area (Å²) in [6.07, 6.45) is 2.11. The number of benzene rings is 1. The van der Waals surface area contributed by atoms with E-state index in [0.717, 1.165) is 5.56 Å². The van der Waals surface area contributed by atoms with Crippen LogP contribution in [0.1, 0.15) is 17.2 Å². The van der Waals surface area contributed by atoms with E-state index in [-0.39, 0.29) is 6.04 Å². The Hall–Kier alpha value is -1.69. The molecule has 4 nitrogen and oxygen atoms in total. The highest BCUT2D eigenvalue weighted by molar-refractivity contribution is 6.30. The van der Waals surface area contributed by atoms with Crippen LogP contribution in [0.4, 0.5) is 10.2 Å². The smallest absolute Gasteiger partial charge is 0.129 e. The molecule has 100 valence electrons. The van der Waals surface area contributed by atoms with Gasteiger partial charge in [0.25, 0.3) is 0 Å². The van der Waals surface area contributed by atoms with Gasteiger partial charge in [-0.05, 0) is 36.2 Å². The Morgan fingerprint density at radius 3 is 2.74 bits per heavy atom. The van der Waals surface area contributed by atoms with E-state index in [0.29, 0.717) is 22.8 Å². The van der Waals surface area contributed by atoms with Gasteiger partial charge >= 0.3 is 0 Å². The quantitative estimate of drug-likeness (QED) is 0.593. The van der Waals surface area contributed by atoms with E-state index < -0.39 is 5.82 Å². The van der Waals surface area contributed by atoms with Crippen LogP contribution in [0.25, 0.3) is 0 Å². The van der Waals surface area contributed by atoms with Crippen molar-refractivity contribution in [2.45, 2.75) is 12.5 Å². The molecule has 1 aromatic heterocycles. The van der Waals surface area contributed by atoms with Gasteiger partial charge in [0.1, 0.15) is 11.6 Å². The van der Waals surface area contributed by atoms with Crippen molar-refractivity contribution in [3.63, 3.8) is 0 Å². The Kier molecular flexibility index (Phi) is 4.31. The molecule has 0 fully saturated rings. The molecular formula is C13H14ClFN4. The molecule has 0 aliphatic heterocycles. The molecule has 1 unspecified atom stereocenters. The Morgan fingerprint density at radius 1 is 1.32 bits per heavy atom. The van der Waals surface area contributed by atoms with E-state index in [2.05, 4.69) is 10.4 Å². The van der Waals surface area contributed by atoms with Crippen LogP contribution in [0.3, 0.4) is 0 Å². The number of halogens is 2. The molecule has 6 heteroatoms. The van der Waals surface area contributed by atoms with Crippen molar-refractivity contribution in [2.24, 2.45) is 5.84 Å². The summed E-state index contributed by atoms with van der Waals surface area (Å²) in [5, 5.41) is 0.352. The highest BCUT2D eigenvalue weighted by Crippen LogP contribution is 2.23. The summed E-state index contributed by atoms with van der Waals surface area (Å²) in [5.74, 6) is 5.53. The number of hydrogen-bond acceptors (Lipinski definition) is 4. The van der Waals surface area contributed by atoms with E-state index in [9.17, 15) is 4.39 Å². The summed E-state index contributed by atoms with van der Waals surface area (Å²) in [7, 11) is 0. The molecule has 1 atom stereocenters. The molecule has 0 saturated carbocycles. The van der Waals surface area contributed by atoms with E-state index in [1.165, 1.54) is 6.07 Å². The molecule has 1 heterocycles. The number of nitrogens with one attached hydrogen (secondary N) is 1. The first-order valence-electron chi connectivity index (χ1n) is 5.71. The predicted molar refractivity (Wildman–Crippen MR) is 73.8 cm³/mol. The highest BCUT2D eigenvalue weighted by atomic mass is 35.5. The summed E-state index contributed by atoms with van der Waals surface area (Å²) in [6.45, 7) is 0. The van der Waals surface area contributed by atoms with Gasteiger partial charge in [0.15, 0.2) is 0 Å². The van der Waals surface area contributed by atoms with Crippen LogP contribution in [0.2, 0.25) is 5.02 Å². The maximum Gasteiger partial charge on any atom is 0.129 e. The summed E-state index contributed by atoms with van der Waals surface area (Å²) < 4.78 is 13.9. The largest absolute Gasteiger partial charge is 0.384 e. The fraction of sp³-hybridized carbons (Fsp3) is 0.154. The van der Waals surface area contributed by atoms with Gasteiger partial charge in [-0.1, -0.05) is 17.7 Å². The van der Waals surface area contributed by atoms with Crippen LogP contribution in [0, 0.1) is 5.82 Å². The second-order valence-electron chi connectivity index (χ2n) is 4.18. The number of rotatable bonds is 4. The van der Waals surface area contributed by atoms with Gasteiger partial charge in [-0.15, -0.1) is 0 Å². The van der Waals surface area contributed by atoms with Crippen molar-refractivity contribution in [2.75, 3.05) is 5.73 Å². The predicted octanol–water partition coefficient (Wildman–Crippen LogP) is 2.20. The molecule has 19 heavy (non-hydrogen) atoms. The molecule has 0 amide bonds. The van der Waals surface area contributed by atoms with Crippen molar-refractivity contribution in [3.05, 3.63) is 58.5 Å². The zero-order valence-electron chi connectivity index (χ0n) is 10.1. The number of aromatic nitrogens is 1. The maximum absolute atomic E-state index is 13.9. The van der Waals surface area contributed by atoms with Crippen molar-refractivity contribution in [1.82, 2.24) is 10.4 Å². The van der Waals surface area contributed by atoms with Gasteiger partial charge < -0.3 is 5.73 Å². The van der Waals surface area contributed by atoms with Crippen molar-refractivity contribution >= 4 is 17.4 Å². The monoisotopic (exact) mass is 280 g/mol. The molecule has 2 aromatic rings. The van der Waals surface area contributed by atoms with E-state index >= 15 is 0 Å². The lowest BCUT2D eigenvalue weighted by Crippen LogP contribution is -2.30. The lowest BCUT2D eigenvalue weighted by Gasteiger charge is -2.17. The Balaban J connectivity index is 2.25. The van der Waals surface area contributed by atoms with Gasteiger partial charge in [-0.3, -0.25) is 11.3 Å². The molecule has 1 aromatic carbocycles. The molecule has 0 radical (unpaired) electrons. The van der Waals surface area contributed by atoms with Crippen LogP contribution in [0.5, 0.6) is 0 Å². The SMILES string of the molecule is NNC(Cc1ccnc(N)c1)c1ccc(Cl)cc1F. The molecule has 0 spiro atoms. The number of hydrazine groups is 1. The van der Waals surface area contributed by atoms with E-state index in [1.807, 2.05) is 6.07 Å². The number of nitrogen functional groups attached to an aromatic ring is 1. The second-order valence-corrected chi connectivity index (χ2v) is 4.61. The van der Waals surface area contributed by atoms with Gasteiger partial charge in [-0.25, -0.2) is 9.37 Å². The molecule has 0 aliphatic rings. The van der Waals surface area contributed by atoms with Crippen LogP contribution in [-0.4, -0.2) is 4.98 Å². The van der Waals surface area contributed by atoms with E-state index in [1.54, 1.807) is 24.4 Å². The van der Waals surface area contributed by atoms with Gasteiger partial charge in [-0.2, -0.15) is 0 Å². The second kappa shape index (κ2) is 5.97. The minimum absolute atomic E-state index is 0.352. The molecule has 0 aliphatic carbocycles. The lowest BCUT2D eigenvalue weighted by molar-refractivity contribution is 0.510. The third-order valence-corrected chi connectivity index (χ3v) is 3.06. The Labute approximate surface area is 115 Å². The minimum atomic E-state index is -0.391. The van der Waals surface area contributed by atoms with Crippen molar-refractivity contribution < 1.29 is 4.39 Å². The number of nitrogens with zero attached hydrogens (tertiary/aromatic N) is 1. The molecule has 5 N–H and O–H groups in total. The number of hydrogen-bond donors (Lipinski definition) is 3. The fourth-order valence-electron chi connectivity index (χ4n) is 1.90. The molecule has 2 rings (SSSR count). The molecule has 0 bridgehead atoms. The topological polar surface area (TPSA) is 77.0 Å². The summed E-state index contributed by atoms with van der Waals surface area (Å²) in [5.41, 5.74) is 9.59. The lowest BCUT2D eigenvalue weighted by atomic mass is 9.99. The zero-order chi connectivity index (χ0) is 13.8. The summed E-state index contributed by atoms with van der Waals surface area (Å²) in [6, 6.07) is 7.70. The van der Waals surface area contributed by atoms with Crippen LogP contribution in [-0.2, 0) is 6.42 Å². The molecule has 0 saturated heterocycles. The summed E-state index contributed by atoms with van der Waals surface area (Å²) in [4.78, 5) is 3.91. The minimum Gasteiger partial charge on any atom is -0.384 e. The summed E-state index contributed by atoms with van der Waals surface area (Å²) >= 11 is 5.73. The molecular weight excluding hydrogens is 267 g/mol. The van der Waals surface area contributed by atoms with Crippen LogP contribution in [0.15, 0.2) is 36.5 Å². The van der Waals surface area contributed by atoms with Gasteiger partial charge in [0.2, 0.25) is 0 Å². The Bertz CT molecular complexity index is 576. The first kappa shape index (κ1) is 13.7. The first-order valence-corrected chi connectivity index (χ1v) is 6.09.